The van der Waals surface area contributed by atoms with Crippen LogP contribution in [0.4, 0.5) is 0 Å². The van der Waals surface area contributed by atoms with E-state index in [0.717, 1.165) is 12.3 Å². The molecular weight excluding hydrogens is 164 g/mol. The van der Waals surface area contributed by atoms with Crippen LogP contribution in [0.2, 0.25) is 0 Å². The van der Waals surface area contributed by atoms with Crippen LogP contribution in [0.1, 0.15) is 0 Å². The zero-order valence-electron chi connectivity index (χ0n) is 6.67. The summed E-state index contributed by atoms with van der Waals surface area (Å²) in [6.45, 7) is 2.27. The smallest absolute Gasteiger partial charge is 0.0204 e. The number of nitrogens with zero attached hydrogens (tertiary/aromatic N) is 1. The van der Waals surface area contributed by atoms with Crippen LogP contribution in [0.25, 0.3) is 0 Å². The van der Waals surface area contributed by atoms with Crippen molar-refractivity contribution in [3.8, 4) is 0 Å². The summed E-state index contributed by atoms with van der Waals surface area (Å²) in [6.07, 6.45) is 2.13. The third kappa shape index (κ3) is 6.74. The van der Waals surface area contributed by atoms with Crippen molar-refractivity contribution in [1.82, 2.24) is 4.90 Å². The maximum Gasteiger partial charge on any atom is 0.0204 e. The van der Waals surface area contributed by atoms with E-state index in [1.807, 2.05) is 11.8 Å². The number of thioether (sulfide) groups is 1. The van der Waals surface area contributed by atoms with Gasteiger partial charge in [0.2, 0.25) is 0 Å². The molecule has 0 atom stereocenters. The number of nitrogens with two attached hydrogens (primary N) is 1. The molecule has 0 fully saturated rings. The Labute approximate surface area is 72.0 Å². The maximum absolute atomic E-state index is 5.29. The van der Waals surface area contributed by atoms with Gasteiger partial charge in [-0.05, 0) is 13.3 Å². The van der Waals surface area contributed by atoms with E-state index in [9.17, 15) is 0 Å². The van der Waals surface area contributed by atoms with E-state index in [2.05, 4.69) is 18.2 Å². The summed E-state index contributed by atoms with van der Waals surface area (Å²) in [5.41, 5.74) is 0. The summed E-state index contributed by atoms with van der Waals surface area (Å²) in [4.78, 5) is 2.30. The molecule has 0 unspecified atom stereocenters. The highest BCUT2D eigenvalue weighted by Crippen LogP contribution is 1.94. The lowest BCUT2D eigenvalue weighted by Crippen LogP contribution is -2.24. The number of hydrogen-bond donors (Lipinski definition) is 1. The van der Waals surface area contributed by atoms with Gasteiger partial charge in [0, 0.05) is 24.6 Å². The van der Waals surface area contributed by atoms with Gasteiger partial charge in [-0.1, -0.05) is 11.9 Å². The van der Waals surface area contributed by atoms with Crippen LogP contribution in [-0.4, -0.2) is 42.8 Å². The SMILES string of the molecule is CSCCN(C)CCSN. The van der Waals surface area contributed by atoms with Crippen molar-refractivity contribution in [3.63, 3.8) is 0 Å². The van der Waals surface area contributed by atoms with Crippen molar-refractivity contribution < 1.29 is 0 Å². The molecule has 0 saturated heterocycles. The predicted molar refractivity (Wildman–Crippen MR) is 52.5 cm³/mol. The Morgan fingerprint density at radius 3 is 2.40 bits per heavy atom. The molecule has 2 nitrogen and oxygen atoms in total. The van der Waals surface area contributed by atoms with Crippen molar-refractivity contribution in [2.24, 2.45) is 5.14 Å². The van der Waals surface area contributed by atoms with Crippen LogP contribution in [0.5, 0.6) is 0 Å². The van der Waals surface area contributed by atoms with Gasteiger partial charge in [0.05, 0.1) is 0 Å². The lowest BCUT2D eigenvalue weighted by molar-refractivity contribution is 0.380. The molecule has 0 aromatic rings. The fourth-order valence-electron chi connectivity index (χ4n) is 0.567. The van der Waals surface area contributed by atoms with E-state index in [1.165, 1.54) is 24.2 Å². The van der Waals surface area contributed by atoms with Gasteiger partial charge >= 0.3 is 0 Å². The molecule has 0 aliphatic carbocycles. The third-order valence-corrected chi connectivity index (χ3v) is 2.28. The standard InChI is InChI=1S/C6H16N2S2/c1-8(3-5-9-2)4-6-10-7/h3-7H2,1-2H3. The van der Waals surface area contributed by atoms with Gasteiger partial charge in [0.25, 0.3) is 0 Å². The van der Waals surface area contributed by atoms with Gasteiger partial charge in [-0.25, -0.2) is 0 Å². The molecule has 62 valence electrons. The first-order valence-corrected chi connectivity index (χ1v) is 5.74. The number of rotatable bonds is 6. The summed E-state index contributed by atoms with van der Waals surface area (Å²) in [5.74, 6) is 2.25. The Morgan fingerprint density at radius 1 is 1.30 bits per heavy atom. The van der Waals surface area contributed by atoms with E-state index >= 15 is 0 Å². The van der Waals surface area contributed by atoms with Crippen molar-refractivity contribution in [1.29, 1.82) is 0 Å². The van der Waals surface area contributed by atoms with E-state index in [-0.39, 0.29) is 0 Å². The molecule has 0 amide bonds. The van der Waals surface area contributed by atoms with E-state index in [1.54, 1.807) is 0 Å². The molecular formula is C6H16N2S2. The second-order valence-electron chi connectivity index (χ2n) is 2.17. The molecule has 4 heteroatoms. The van der Waals surface area contributed by atoms with Crippen LogP contribution in [0, 0.1) is 0 Å². The molecule has 0 bridgehead atoms. The number of hydrogen-bond acceptors (Lipinski definition) is 4. The first-order chi connectivity index (χ1) is 4.81. The van der Waals surface area contributed by atoms with Gasteiger partial charge in [-0.15, -0.1) is 0 Å². The molecule has 10 heavy (non-hydrogen) atoms. The Hall–Kier alpha value is 0.620. The molecule has 0 radical (unpaired) electrons. The summed E-state index contributed by atoms with van der Waals surface area (Å²) in [7, 11) is 2.13. The van der Waals surface area contributed by atoms with Crippen molar-refractivity contribution in [2.45, 2.75) is 0 Å². The molecule has 0 aliphatic rings. The monoisotopic (exact) mass is 180 g/mol. The normalized spacial score (nSPS) is 10.8. The summed E-state index contributed by atoms with van der Waals surface area (Å²) < 4.78 is 0. The molecule has 0 aromatic carbocycles. The highest BCUT2D eigenvalue weighted by Gasteiger charge is 1.94. The Morgan fingerprint density at radius 2 is 1.90 bits per heavy atom. The fourth-order valence-corrected chi connectivity index (χ4v) is 1.48. The average molecular weight is 180 g/mol. The zero-order valence-corrected chi connectivity index (χ0v) is 8.30. The lowest BCUT2D eigenvalue weighted by Gasteiger charge is -2.13. The second-order valence-corrected chi connectivity index (χ2v) is 3.89. The van der Waals surface area contributed by atoms with E-state index < -0.39 is 0 Å². The zero-order chi connectivity index (χ0) is 7.82. The second kappa shape index (κ2) is 7.72. The molecule has 0 aliphatic heterocycles. The molecule has 0 saturated carbocycles. The van der Waals surface area contributed by atoms with Crippen molar-refractivity contribution in [2.75, 3.05) is 37.9 Å². The minimum Gasteiger partial charge on any atom is -0.305 e. The van der Waals surface area contributed by atoms with Gasteiger partial charge < -0.3 is 4.90 Å². The fraction of sp³-hybridized carbons (Fsp3) is 1.00. The van der Waals surface area contributed by atoms with Crippen molar-refractivity contribution in [3.05, 3.63) is 0 Å². The van der Waals surface area contributed by atoms with E-state index in [0.29, 0.717) is 0 Å². The van der Waals surface area contributed by atoms with Gasteiger partial charge in [0.1, 0.15) is 0 Å². The Kier molecular flexibility index (Phi) is 8.20. The quantitative estimate of drug-likeness (QED) is 0.615. The van der Waals surface area contributed by atoms with Crippen LogP contribution in [0.3, 0.4) is 0 Å². The molecule has 0 aromatic heterocycles. The largest absolute Gasteiger partial charge is 0.305 e. The highest BCUT2D eigenvalue weighted by atomic mass is 32.2. The lowest BCUT2D eigenvalue weighted by atomic mass is 10.6. The first-order valence-electron chi connectivity index (χ1n) is 3.30. The topological polar surface area (TPSA) is 29.3 Å². The van der Waals surface area contributed by atoms with Crippen molar-refractivity contribution >= 4 is 23.7 Å². The highest BCUT2D eigenvalue weighted by molar-refractivity contribution is 7.98. The Bertz CT molecular complexity index is 62.8. The first kappa shape index (κ1) is 10.6. The molecule has 0 spiro atoms. The summed E-state index contributed by atoms with van der Waals surface area (Å²) in [5, 5.41) is 5.29. The molecule has 2 N–H and O–H groups in total. The summed E-state index contributed by atoms with van der Waals surface area (Å²) in [6, 6.07) is 0. The molecule has 0 heterocycles. The van der Waals surface area contributed by atoms with Crippen LogP contribution >= 0.6 is 23.7 Å². The molecule has 0 rings (SSSR count). The predicted octanol–water partition coefficient (Wildman–Crippen LogP) is 0.888. The van der Waals surface area contributed by atoms with Gasteiger partial charge in [-0.3, -0.25) is 5.14 Å². The van der Waals surface area contributed by atoms with Crippen LogP contribution < -0.4 is 5.14 Å². The maximum atomic E-state index is 5.29. The van der Waals surface area contributed by atoms with Gasteiger partial charge in [0.15, 0.2) is 0 Å². The van der Waals surface area contributed by atoms with Gasteiger partial charge in [-0.2, -0.15) is 11.8 Å². The minimum absolute atomic E-state index is 1.03. The van der Waals surface area contributed by atoms with E-state index in [4.69, 9.17) is 5.14 Å². The minimum atomic E-state index is 1.03. The average Bonchev–Trinajstić information content (AvgIpc) is 1.97. The van der Waals surface area contributed by atoms with Crippen LogP contribution in [-0.2, 0) is 0 Å². The third-order valence-electron chi connectivity index (χ3n) is 1.27. The Balaban J connectivity index is 3.00. The van der Waals surface area contributed by atoms with Crippen LogP contribution in [0.15, 0.2) is 0 Å². The summed E-state index contributed by atoms with van der Waals surface area (Å²) >= 11 is 3.30.